The van der Waals surface area contributed by atoms with Gasteiger partial charge in [0.1, 0.15) is 0 Å². The Labute approximate surface area is 144 Å². The van der Waals surface area contributed by atoms with E-state index in [1.807, 2.05) is 25.2 Å². The maximum atomic E-state index is 4.37. The first-order chi connectivity index (χ1) is 11.7. The molecule has 0 radical (unpaired) electrons. The third-order valence-corrected chi connectivity index (χ3v) is 5.29. The number of para-hydroxylation sites is 1. The molecule has 0 bridgehead atoms. The molecule has 0 aliphatic heterocycles. The summed E-state index contributed by atoms with van der Waals surface area (Å²) in [6.07, 6.45) is 0. The van der Waals surface area contributed by atoms with E-state index in [0.29, 0.717) is 0 Å². The van der Waals surface area contributed by atoms with E-state index in [-0.39, 0.29) is 0 Å². The van der Waals surface area contributed by atoms with Gasteiger partial charge in [-0.15, -0.1) is 10.2 Å². The normalized spacial score (nSPS) is 11.2. The van der Waals surface area contributed by atoms with Gasteiger partial charge in [-0.25, -0.2) is 0 Å². The van der Waals surface area contributed by atoms with Crippen molar-refractivity contribution in [3.63, 3.8) is 0 Å². The second kappa shape index (κ2) is 6.17. The zero-order chi connectivity index (χ0) is 16.5. The van der Waals surface area contributed by atoms with Crippen LogP contribution in [0.5, 0.6) is 0 Å². The summed E-state index contributed by atoms with van der Waals surface area (Å²) in [6.45, 7) is 2.13. The average molecular weight is 334 g/mol. The van der Waals surface area contributed by atoms with Crippen molar-refractivity contribution in [2.24, 2.45) is 7.05 Å². The van der Waals surface area contributed by atoms with Gasteiger partial charge in [0.15, 0.2) is 11.0 Å². The summed E-state index contributed by atoms with van der Waals surface area (Å²) < 4.78 is 2.06. The number of aromatic nitrogens is 4. The molecule has 2 aromatic heterocycles. The molecule has 0 unspecified atom stereocenters. The lowest BCUT2D eigenvalue weighted by atomic mass is 10.1. The number of hydrogen-bond acceptors (Lipinski definition) is 3. The van der Waals surface area contributed by atoms with E-state index in [9.17, 15) is 0 Å². The zero-order valence-corrected chi connectivity index (χ0v) is 14.5. The van der Waals surface area contributed by atoms with E-state index in [0.717, 1.165) is 22.3 Å². The SMILES string of the molecule is Cc1[nH]c2ccccc2c1CSc1nnc(-c2ccccc2)n1C. The number of nitrogens with one attached hydrogen (secondary N) is 1. The first-order valence-corrected chi connectivity index (χ1v) is 8.86. The summed E-state index contributed by atoms with van der Waals surface area (Å²) in [5.74, 6) is 1.77. The van der Waals surface area contributed by atoms with Gasteiger partial charge in [0.2, 0.25) is 0 Å². The predicted molar refractivity (Wildman–Crippen MR) is 99.0 cm³/mol. The lowest BCUT2D eigenvalue weighted by Gasteiger charge is -2.04. The smallest absolute Gasteiger partial charge is 0.191 e. The summed E-state index contributed by atoms with van der Waals surface area (Å²) in [5.41, 5.74) is 4.82. The van der Waals surface area contributed by atoms with Crippen molar-refractivity contribution in [3.05, 3.63) is 65.9 Å². The molecule has 0 aliphatic carbocycles. The van der Waals surface area contributed by atoms with Crippen LogP contribution in [0.15, 0.2) is 59.8 Å². The fourth-order valence-corrected chi connectivity index (χ4v) is 3.96. The van der Waals surface area contributed by atoms with Crippen LogP contribution in [-0.2, 0) is 12.8 Å². The fraction of sp³-hybridized carbons (Fsp3) is 0.158. The number of aromatic amines is 1. The summed E-state index contributed by atoms with van der Waals surface area (Å²) >= 11 is 1.72. The average Bonchev–Trinajstić information content (AvgIpc) is 3.13. The molecule has 0 saturated heterocycles. The molecule has 4 nitrogen and oxygen atoms in total. The predicted octanol–water partition coefficient (Wildman–Crippen LogP) is 4.56. The lowest BCUT2D eigenvalue weighted by Crippen LogP contribution is -1.95. The Morgan fingerprint density at radius 3 is 2.58 bits per heavy atom. The minimum absolute atomic E-state index is 0.872. The molecular formula is C19H18N4S. The van der Waals surface area contributed by atoms with Crippen molar-refractivity contribution in [3.8, 4) is 11.4 Å². The van der Waals surface area contributed by atoms with Crippen LogP contribution in [0.4, 0.5) is 0 Å². The van der Waals surface area contributed by atoms with E-state index in [1.165, 1.54) is 22.2 Å². The van der Waals surface area contributed by atoms with Crippen LogP contribution in [-0.4, -0.2) is 19.7 Å². The maximum absolute atomic E-state index is 4.37. The van der Waals surface area contributed by atoms with E-state index >= 15 is 0 Å². The van der Waals surface area contributed by atoms with Crippen molar-refractivity contribution in [2.75, 3.05) is 0 Å². The molecule has 24 heavy (non-hydrogen) atoms. The molecule has 4 rings (SSSR count). The molecular weight excluding hydrogens is 316 g/mol. The van der Waals surface area contributed by atoms with Crippen molar-refractivity contribution in [1.82, 2.24) is 19.7 Å². The van der Waals surface area contributed by atoms with E-state index in [1.54, 1.807) is 11.8 Å². The second-order valence-electron chi connectivity index (χ2n) is 5.79. The molecule has 0 aliphatic rings. The number of nitrogens with zero attached hydrogens (tertiary/aromatic N) is 3. The Bertz CT molecular complexity index is 985. The lowest BCUT2D eigenvalue weighted by molar-refractivity contribution is 0.794. The van der Waals surface area contributed by atoms with Crippen LogP contribution in [0.25, 0.3) is 22.3 Å². The highest BCUT2D eigenvalue weighted by atomic mass is 32.2. The molecule has 5 heteroatoms. The topological polar surface area (TPSA) is 46.5 Å². The Hall–Kier alpha value is -2.53. The number of fused-ring (bicyclic) bond motifs is 1. The Kier molecular flexibility index (Phi) is 3.86. The van der Waals surface area contributed by atoms with Crippen LogP contribution in [0, 0.1) is 6.92 Å². The highest BCUT2D eigenvalue weighted by molar-refractivity contribution is 7.98. The van der Waals surface area contributed by atoms with Gasteiger partial charge in [-0.1, -0.05) is 60.3 Å². The summed E-state index contributed by atoms with van der Waals surface area (Å²) in [6, 6.07) is 18.6. The molecule has 2 heterocycles. The number of rotatable bonds is 4. The first kappa shape index (κ1) is 15.0. The molecule has 0 atom stereocenters. The Morgan fingerprint density at radius 2 is 1.75 bits per heavy atom. The quantitative estimate of drug-likeness (QED) is 0.556. The van der Waals surface area contributed by atoms with Crippen molar-refractivity contribution < 1.29 is 0 Å². The van der Waals surface area contributed by atoms with Gasteiger partial charge in [-0.2, -0.15) is 0 Å². The van der Waals surface area contributed by atoms with Crippen molar-refractivity contribution in [1.29, 1.82) is 0 Å². The standard InChI is InChI=1S/C19H18N4S/c1-13-16(15-10-6-7-11-17(15)20-13)12-24-19-22-21-18(23(19)2)14-8-4-3-5-9-14/h3-11,20H,12H2,1-2H3. The first-order valence-electron chi connectivity index (χ1n) is 7.88. The van der Waals surface area contributed by atoms with Crippen molar-refractivity contribution >= 4 is 22.7 Å². The molecule has 0 fully saturated rings. The summed E-state index contributed by atoms with van der Waals surface area (Å²) in [7, 11) is 2.02. The third kappa shape index (κ3) is 2.61. The van der Waals surface area contributed by atoms with Crippen LogP contribution in [0.3, 0.4) is 0 Å². The molecule has 2 aromatic carbocycles. The zero-order valence-electron chi connectivity index (χ0n) is 13.7. The summed E-state index contributed by atoms with van der Waals surface area (Å²) in [5, 5.41) is 10.9. The fourth-order valence-electron chi connectivity index (χ4n) is 2.94. The van der Waals surface area contributed by atoms with Gasteiger partial charge in [0.05, 0.1) is 0 Å². The highest BCUT2D eigenvalue weighted by Crippen LogP contribution is 2.30. The van der Waals surface area contributed by atoms with Crippen LogP contribution < -0.4 is 0 Å². The van der Waals surface area contributed by atoms with E-state index in [2.05, 4.69) is 63.1 Å². The second-order valence-corrected chi connectivity index (χ2v) is 6.74. The minimum atomic E-state index is 0.872. The number of hydrogen-bond donors (Lipinski definition) is 1. The molecule has 0 amide bonds. The van der Waals surface area contributed by atoms with E-state index in [4.69, 9.17) is 0 Å². The molecule has 0 saturated carbocycles. The van der Waals surface area contributed by atoms with Gasteiger partial charge in [0, 0.05) is 35.0 Å². The molecule has 0 spiro atoms. The van der Waals surface area contributed by atoms with Gasteiger partial charge >= 0.3 is 0 Å². The monoisotopic (exact) mass is 334 g/mol. The minimum Gasteiger partial charge on any atom is -0.358 e. The van der Waals surface area contributed by atoms with Gasteiger partial charge in [-0.05, 0) is 18.6 Å². The van der Waals surface area contributed by atoms with Gasteiger partial charge in [0.25, 0.3) is 0 Å². The van der Waals surface area contributed by atoms with Gasteiger partial charge < -0.3 is 9.55 Å². The molecule has 1 N–H and O–H groups in total. The number of thioether (sulfide) groups is 1. The Balaban J connectivity index is 1.60. The summed E-state index contributed by atoms with van der Waals surface area (Å²) in [4.78, 5) is 3.45. The van der Waals surface area contributed by atoms with Crippen LogP contribution in [0.2, 0.25) is 0 Å². The Morgan fingerprint density at radius 1 is 1.00 bits per heavy atom. The number of benzene rings is 2. The third-order valence-electron chi connectivity index (χ3n) is 4.24. The van der Waals surface area contributed by atoms with E-state index < -0.39 is 0 Å². The number of aryl methyl sites for hydroxylation is 1. The van der Waals surface area contributed by atoms with Crippen molar-refractivity contribution in [2.45, 2.75) is 17.8 Å². The number of H-pyrrole nitrogens is 1. The molecule has 120 valence electrons. The van der Waals surface area contributed by atoms with Crippen LogP contribution in [0.1, 0.15) is 11.3 Å². The largest absolute Gasteiger partial charge is 0.358 e. The van der Waals surface area contributed by atoms with Crippen LogP contribution >= 0.6 is 11.8 Å². The molecule has 4 aromatic rings. The maximum Gasteiger partial charge on any atom is 0.191 e. The highest BCUT2D eigenvalue weighted by Gasteiger charge is 2.13. The van der Waals surface area contributed by atoms with Gasteiger partial charge in [-0.3, -0.25) is 0 Å².